The molecular weight excluding hydrogens is 238 g/mol. The van der Waals surface area contributed by atoms with E-state index in [9.17, 15) is 0 Å². The van der Waals surface area contributed by atoms with E-state index < -0.39 is 0 Å². The number of aliphatic imine (C=N–C) groups is 1. The second kappa shape index (κ2) is 3.83. The molecule has 0 N–H and O–H groups in total. The summed E-state index contributed by atoms with van der Waals surface area (Å²) in [4.78, 5) is 4.29. The van der Waals surface area contributed by atoms with E-state index in [1.807, 2.05) is 0 Å². The number of rotatable bonds is 1. The molecule has 100 valence electrons. The van der Waals surface area contributed by atoms with Gasteiger partial charge in [-0.3, -0.25) is 20.3 Å². The molecule has 5 heteroatoms. The molecule has 0 spiro atoms. The first kappa shape index (κ1) is 12.2. The van der Waals surface area contributed by atoms with Gasteiger partial charge in [-0.05, 0) is 27.7 Å². The summed E-state index contributed by atoms with van der Waals surface area (Å²) in [5.41, 5.74) is 6.72. The molecule has 2 heterocycles. The van der Waals surface area contributed by atoms with Crippen molar-refractivity contribution in [3.05, 3.63) is 16.4 Å². The van der Waals surface area contributed by atoms with Crippen molar-refractivity contribution in [2.75, 3.05) is 24.1 Å². The molecule has 0 fully saturated rings. The summed E-state index contributed by atoms with van der Waals surface area (Å²) in [6.45, 7) is 8.62. The number of hydrogen-bond donors (Lipinski definition) is 0. The largest absolute Gasteiger partial charge is 0.288 e. The number of hydrazine groups is 2. The fourth-order valence-corrected chi connectivity index (χ4v) is 3.04. The Morgan fingerprint density at radius 1 is 1.11 bits per heavy atom. The van der Waals surface area contributed by atoms with E-state index in [1.54, 1.807) is 0 Å². The van der Waals surface area contributed by atoms with Crippen LogP contribution in [0.3, 0.4) is 0 Å². The molecule has 0 aliphatic carbocycles. The fraction of sp³-hybridized carbons (Fsp3) is 0.500. The molecule has 0 saturated carbocycles. The predicted molar refractivity (Wildman–Crippen MR) is 79.8 cm³/mol. The molecule has 0 amide bonds. The van der Waals surface area contributed by atoms with Gasteiger partial charge in [0.05, 0.1) is 22.5 Å². The topological polar surface area (TPSA) is 36.2 Å². The molecule has 1 aromatic carbocycles. The number of fused-ring (bicyclic) bond motifs is 2. The Balaban J connectivity index is 2.31. The average molecular weight is 257 g/mol. The smallest absolute Gasteiger partial charge is 0.130 e. The van der Waals surface area contributed by atoms with Crippen molar-refractivity contribution in [3.63, 3.8) is 0 Å². The summed E-state index contributed by atoms with van der Waals surface area (Å²) in [6, 6.07) is 0.385. The second-order valence-electron chi connectivity index (χ2n) is 5.42. The molecule has 0 radical (unpaired) electrons. The lowest BCUT2D eigenvalue weighted by molar-refractivity contribution is 0.294. The van der Waals surface area contributed by atoms with Gasteiger partial charge in [0.2, 0.25) is 0 Å². The highest BCUT2D eigenvalue weighted by Gasteiger charge is 2.38. The van der Waals surface area contributed by atoms with Gasteiger partial charge in [-0.2, -0.15) is 0 Å². The van der Waals surface area contributed by atoms with Gasteiger partial charge >= 0.3 is 0 Å². The maximum absolute atomic E-state index is 4.30. The average Bonchev–Trinajstić information content (AvgIpc) is 2.92. The van der Waals surface area contributed by atoms with Crippen molar-refractivity contribution < 1.29 is 0 Å². The number of anilines is 2. The van der Waals surface area contributed by atoms with E-state index in [2.05, 4.69) is 73.6 Å². The zero-order valence-electron chi connectivity index (χ0n) is 12.3. The van der Waals surface area contributed by atoms with Crippen LogP contribution in [0.4, 0.5) is 22.7 Å². The summed E-state index contributed by atoms with van der Waals surface area (Å²) in [7, 11) is 4.16. The van der Waals surface area contributed by atoms with Crippen molar-refractivity contribution in [1.82, 2.24) is 5.12 Å². The van der Waals surface area contributed by atoms with E-state index in [1.165, 1.54) is 22.5 Å². The van der Waals surface area contributed by atoms with Crippen molar-refractivity contribution in [1.29, 1.82) is 0 Å². The van der Waals surface area contributed by atoms with Gasteiger partial charge in [0.15, 0.2) is 0 Å². The lowest BCUT2D eigenvalue weighted by Gasteiger charge is -2.33. The normalized spacial score (nSPS) is 16.8. The maximum atomic E-state index is 4.30. The van der Waals surface area contributed by atoms with Gasteiger partial charge in [0.1, 0.15) is 11.4 Å². The van der Waals surface area contributed by atoms with E-state index in [0.717, 1.165) is 11.4 Å². The Hall–Kier alpha value is -1.84. The third-order valence-corrected chi connectivity index (χ3v) is 3.98. The molecule has 0 bridgehead atoms. The van der Waals surface area contributed by atoms with Gasteiger partial charge in [-0.1, -0.05) is 0 Å². The lowest BCUT2D eigenvalue weighted by Crippen LogP contribution is -2.47. The van der Waals surface area contributed by atoms with Gasteiger partial charge in [0.25, 0.3) is 0 Å². The standard InChI is InChI=1S/C14H19N5/c1-8(2)19-14-10(4)12-11(15-7-16-12)9(3)13(14)17(5)18(19)6/h8H,1-6H3. The van der Waals surface area contributed by atoms with E-state index in [-0.39, 0.29) is 0 Å². The lowest BCUT2D eigenvalue weighted by atomic mass is 10.0. The molecule has 0 aromatic heterocycles. The van der Waals surface area contributed by atoms with Crippen LogP contribution in [-0.4, -0.2) is 31.6 Å². The van der Waals surface area contributed by atoms with Crippen LogP contribution in [0.2, 0.25) is 0 Å². The zero-order valence-corrected chi connectivity index (χ0v) is 12.3. The molecule has 1 aromatic rings. The summed E-state index contributed by atoms with van der Waals surface area (Å²) in [5.74, 6) is 0. The molecule has 0 unspecified atom stereocenters. The van der Waals surface area contributed by atoms with E-state index in [4.69, 9.17) is 0 Å². The minimum absolute atomic E-state index is 0.385. The van der Waals surface area contributed by atoms with E-state index in [0.29, 0.717) is 6.04 Å². The van der Waals surface area contributed by atoms with Crippen molar-refractivity contribution in [2.24, 2.45) is 4.99 Å². The third kappa shape index (κ3) is 1.40. The van der Waals surface area contributed by atoms with E-state index >= 15 is 0 Å². The first-order chi connectivity index (χ1) is 8.95. The number of nitrogens with zero attached hydrogens (tertiary/aromatic N) is 5. The van der Waals surface area contributed by atoms with Crippen LogP contribution in [0.25, 0.3) is 5.32 Å². The van der Waals surface area contributed by atoms with Gasteiger partial charge in [-0.25, -0.2) is 0 Å². The molecule has 19 heavy (non-hydrogen) atoms. The second-order valence-corrected chi connectivity index (χ2v) is 5.42. The van der Waals surface area contributed by atoms with Crippen LogP contribution in [0.15, 0.2) is 4.99 Å². The highest BCUT2D eigenvalue weighted by Crippen LogP contribution is 2.54. The van der Waals surface area contributed by atoms with Crippen LogP contribution in [0, 0.1) is 13.8 Å². The molecule has 0 atom stereocenters. The Bertz CT molecular complexity index is 576. The molecular formula is C14H19N5. The summed E-state index contributed by atoms with van der Waals surface area (Å²) < 4.78 is 0. The van der Waals surface area contributed by atoms with Crippen molar-refractivity contribution in [3.8, 4) is 0 Å². The zero-order chi connectivity index (χ0) is 13.9. The minimum atomic E-state index is 0.385. The number of benzene rings is 1. The van der Waals surface area contributed by atoms with Gasteiger partial charge < -0.3 is 0 Å². The first-order valence-corrected chi connectivity index (χ1v) is 6.55. The third-order valence-electron chi connectivity index (χ3n) is 3.98. The Morgan fingerprint density at radius 2 is 1.79 bits per heavy atom. The summed E-state index contributed by atoms with van der Waals surface area (Å²) in [6.07, 6.45) is 2.74. The highest BCUT2D eigenvalue weighted by atomic mass is 15.9. The van der Waals surface area contributed by atoms with Crippen molar-refractivity contribution in [2.45, 2.75) is 33.7 Å². The predicted octanol–water partition coefficient (Wildman–Crippen LogP) is 3.29. The van der Waals surface area contributed by atoms with Crippen molar-refractivity contribution >= 4 is 29.1 Å². The van der Waals surface area contributed by atoms with Gasteiger partial charge in [-0.15, -0.1) is 5.12 Å². The molecule has 5 nitrogen and oxygen atoms in total. The van der Waals surface area contributed by atoms with Crippen LogP contribution in [0.1, 0.15) is 25.0 Å². The quantitative estimate of drug-likeness (QED) is 0.724. The monoisotopic (exact) mass is 257 g/mol. The first-order valence-electron chi connectivity index (χ1n) is 6.55. The summed E-state index contributed by atoms with van der Waals surface area (Å²) in [5, 5.41) is 10.9. The molecule has 0 saturated heterocycles. The maximum Gasteiger partial charge on any atom is 0.130 e. The van der Waals surface area contributed by atoms with Crippen LogP contribution >= 0.6 is 0 Å². The number of hydrogen-bond acceptors (Lipinski definition) is 4. The molecule has 2 aliphatic rings. The highest BCUT2D eigenvalue weighted by molar-refractivity contribution is 6.04. The Kier molecular flexibility index (Phi) is 2.46. The molecule has 2 aliphatic heterocycles. The SMILES string of the molecule is Cc1c2c(c(C)c3c1N(C)N(C)N3C(C)C)[N-][C+]=N2. The van der Waals surface area contributed by atoms with Crippen LogP contribution in [-0.2, 0) is 0 Å². The minimum Gasteiger partial charge on any atom is -0.288 e. The van der Waals surface area contributed by atoms with Crippen LogP contribution in [0.5, 0.6) is 0 Å². The molecule has 3 rings (SSSR count). The fourth-order valence-electron chi connectivity index (χ4n) is 3.04. The van der Waals surface area contributed by atoms with Gasteiger partial charge in [0, 0.05) is 26.5 Å². The van der Waals surface area contributed by atoms with Crippen LogP contribution < -0.4 is 10.0 Å². The Labute approximate surface area is 114 Å². The Morgan fingerprint density at radius 3 is 2.42 bits per heavy atom. The summed E-state index contributed by atoms with van der Waals surface area (Å²) >= 11 is 0.